The van der Waals surface area contributed by atoms with Gasteiger partial charge in [-0.2, -0.15) is 0 Å². The summed E-state index contributed by atoms with van der Waals surface area (Å²) in [6.07, 6.45) is 3.24. The molecule has 0 aliphatic heterocycles. The van der Waals surface area contributed by atoms with Crippen molar-refractivity contribution in [2.75, 3.05) is 5.32 Å². The lowest BCUT2D eigenvalue weighted by Crippen LogP contribution is -2.09. The van der Waals surface area contributed by atoms with Crippen molar-refractivity contribution in [3.63, 3.8) is 0 Å². The maximum Gasteiger partial charge on any atom is 0.265 e. The third-order valence-electron chi connectivity index (χ3n) is 1.72. The van der Waals surface area contributed by atoms with Crippen LogP contribution >= 0.6 is 22.9 Å². The van der Waals surface area contributed by atoms with Crippen molar-refractivity contribution < 1.29 is 4.79 Å². The van der Waals surface area contributed by atoms with Crippen LogP contribution in [-0.4, -0.2) is 10.9 Å². The molecule has 0 unspecified atom stereocenters. The van der Waals surface area contributed by atoms with Crippen molar-refractivity contribution in [3.8, 4) is 0 Å². The van der Waals surface area contributed by atoms with E-state index in [1.165, 1.54) is 11.3 Å². The summed E-state index contributed by atoms with van der Waals surface area (Å²) in [5.41, 5.74) is 0.673. The first-order valence-electron chi connectivity index (χ1n) is 4.22. The van der Waals surface area contributed by atoms with Gasteiger partial charge in [-0.05, 0) is 24.3 Å². The number of amides is 1. The minimum Gasteiger partial charge on any atom is -0.320 e. The Balaban J connectivity index is 2.11. The molecular weight excluding hydrogens is 232 g/mol. The number of hydrogen-bond acceptors (Lipinski definition) is 3. The van der Waals surface area contributed by atoms with Gasteiger partial charge in [-0.25, -0.2) is 0 Å². The molecule has 2 aromatic heterocycles. The fraction of sp³-hybridized carbons (Fsp3) is 0. The van der Waals surface area contributed by atoms with E-state index in [4.69, 9.17) is 11.6 Å². The molecule has 2 rings (SSSR count). The third kappa shape index (κ3) is 2.55. The molecule has 0 aromatic carbocycles. The van der Waals surface area contributed by atoms with Crippen molar-refractivity contribution in [1.82, 2.24) is 4.98 Å². The Bertz CT molecular complexity index is 469. The van der Waals surface area contributed by atoms with E-state index in [-0.39, 0.29) is 5.91 Å². The number of nitrogens with one attached hydrogen (secondary N) is 1. The predicted octanol–water partition coefficient (Wildman–Crippen LogP) is 3.05. The largest absolute Gasteiger partial charge is 0.320 e. The zero-order chi connectivity index (χ0) is 10.7. The van der Waals surface area contributed by atoms with Crippen LogP contribution in [0.3, 0.4) is 0 Å². The molecule has 0 atom stereocenters. The maximum absolute atomic E-state index is 11.6. The average molecular weight is 239 g/mol. The van der Waals surface area contributed by atoms with Crippen molar-refractivity contribution in [1.29, 1.82) is 0 Å². The SMILES string of the molecule is O=C(Nc1cccnc1)c1ccc(Cl)s1. The highest BCUT2D eigenvalue weighted by molar-refractivity contribution is 7.18. The Hall–Kier alpha value is -1.39. The van der Waals surface area contributed by atoms with Crippen LogP contribution in [0.5, 0.6) is 0 Å². The van der Waals surface area contributed by atoms with E-state index in [0.29, 0.717) is 14.9 Å². The normalized spacial score (nSPS) is 9.93. The molecule has 0 spiro atoms. The van der Waals surface area contributed by atoms with Crippen LogP contribution in [0, 0.1) is 0 Å². The molecule has 0 bridgehead atoms. The van der Waals surface area contributed by atoms with E-state index in [2.05, 4.69) is 10.3 Å². The molecule has 2 heterocycles. The van der Waals surface area contributed by atoms with Crippen LogP contribution in [0.25, 0.3) is 0 Å². The first-order valence-corrected chi connectivity index (χ1v) is 5.42. The lowest BCUT2D eigenvalue weighted by molar-refractivity contribution is 0.103. The molecule has 5 heteroatoms. The summed E-state index contributed by atoms with van der Waals surface area (Å²) in [7, 11) is 0. The summed E-state index contributed by atoms with van der Waals surface area (Å²) in [6.45, 7) is 0. The van der Waals surface area contributed by atoms with Gasteiger partial charge in [0.05, 0.1) is 21.1 Å². The lowest BCUT2D eigenvalue weighted by atomic mass is 10.4. The molecule has 1 amide bonds. The average Bonchev–Trinajstić information content (AvgIpc) is 2.66. The Kier molecular flexibility index (Phi) is 2.99. The molecule has 2 aromatic rings. The minimum absolute atomic E-state index is 0.167. The van der Waals surface area contributed by atoms with E-state index < -0.39 is 0 Å². The van der Waals surface area contributed by atoms with Crippen LogP contribution in [0.2, 0.25) is 4.34 Å². The molecule has 0 saturated carbocycles. The van der Waals surface area contributed by atoms with Gasteiger partial charge in [0.2, 0.25) is 0 Å². The molecule has 0 aliphatic rings. The van der Waals surface area contributed by atoms with E-state index in [9.17, 15) is 4.79 Å². The number of nitrogens with zero attached hydrogens (tertiary/aromatic N) is 1. The summed E-state index contributed by atoms with van der Waals surface area (Å²) in [4.78, 5) is 16.1. The highest BCUT2D eigenvalue weighted by Gasteiger charge is 2.08. The number of aromatic nitrogens is 1. The number of carbonyl (C=O) groups excluding carboxylic acids is 1. The summed E-state index contributed by atoms with van der Waals surface area (Å²) >= 11 is 6.98. The smallest absolute Gasteiger partial charge is 0.265 e. The maximum atomic E-state index is 11.6. The first-order chi connectivity index (χ1) is 7.25. The summed E-state index contributed by atoms with van der Waals surface area (Å²) < 4.78 is 0.603. The summed E-state index contributed by atoms with van der Waals surface area (Å²) in [6, 6.07) is 6.93. The molecule has 0 radical (unpaired) electrons. The Morgan fingerprint density at radius 1 is 1.40 bits per heavy atom. The number of halogens is 1. The van der Waals surface area contributed by atoms with Crippen molar-refractivity contribution in [3.05, 3.63) is 45.9 Å². The number of hydrogen-bond donors (Lipinski definition) is 1. The second kappa shape index (κ2) is 4.42. The van der Waals surface area contributed by atoms with Gasteiger partial charge < -0.3 is 5.32 Å². The molecular formula is C10H7ClN2OS. The quantitative estimate of drug-likeness (QED) is 0.874. The molecule has 0 aliphatic carbocycles. The van der Waals surface area contributed by atoms with Crippen molar-refractivity contribution >= 4 is 34.5 Å². The third-order valence-corrected chi connectivity index (χ3v) is 2.95. The van der Waals surface area contributed by atoms with Crippen LogP contribution in [0.1, 0.15) is 9.67 Å². The number of pyridine rings is 1. The molecule has 76 valence electrons. The van der Waals surface area contributed by atoms with Gasteiger partial charge in [-0.15, -0.1) is 11.3 Å². The van der Waals surface area contributed by atoms with Crippen LogP contribution in [-0.2, 0) is 0 Å². The standard InChI is InChI=1S/C10H7ClN2OS/c11-9-4-3-8(15-9)10(14)13-7-2-1-5-12-6-7/h1-6H,(H,13,14). The topological polar surface area (TPSA) is 42.0 Å². The fourth-order valence-electron chi connectivity index (χ4n) is 1.07. The van der Waals surface area contributed by atoms with Crippen LogP contribution in [0.4, 0.5) is 5.69 Å². The van der Waals surface area contributed by atoms with Gasteiger partial charge in [-0.1, -0.05) is 11.6 Å². The van der Waals surface area contributed by atoms with Gasteiger partial charge in [0.15, 0.2) is 0 Å². The Labute approximate surface area is 95.7 Å². The second-order valence-electron chi connectivity index (χ2n) is 2.80. The number of carbonyl (C=O) groups is 1. The summed E-state index contributed by atoms with van der Waals surface area (Å²) in [5.74, 6) is -0.167. The fourth-order valence-corrected chi connectivity index (χ4v) is 2.00. The summed E-state index contributed by atoms with van der Waals surface area (Å²) in [5, 5.41) is 2.72. The van der Waals surface area contributed by atoms with E-state index in [0.717, 1.165) is 0 Å². The van der Waals surface area contributed by atoms with E-state index in [1.54, 1.807) is 36.7 Å². The number of anilines is 1. The van der Waals surface area contributed by atoms with Crippen LogP contribution < -0.4 is 5.32 Å². The zero-order valence-electron chi connectivity index (χ0n) is 7.61. The second-order valence-corrected chi connectivity index (χ2v) is 4.51. The van der Waals surface area contributed by atoms with Gasteiger partial charge in [-0.3, -0.25) is 9.78 Å². The van der Waals surface area contributed by atoms with Crippen molar-refractivity contribution in [2.24, 2.45) is 0 Å². The highest BCUT2D eigenvalue weighted by atomic mass is 35.5. The van der Waals surface area contributed by atoms with Gasteiger partial charge >= 0.3 is 0 Å². The highest BCUT2D eigenvalue weighted by Crippen LogP contribution is 2.22. The van der Waals surface area contributed by atoms with Crippen LogP contribution in [0.15, 0.2) is 36.7 Å². The van der Waals surface area contributed by atoms with Crippen molar-refractivity contribution in [2.45, 2.75) is 0 Å². The molecule has 0 fully saturated rings. The zero-order valence-corrected chi connectivity index (χ0v) is 9.18. The van der Waals surface area contributed by atoms with Gasteiger partial charge in [0.1, 0.15) is 0 Å². The number of thiophene rings is 1. The van der Waals surface area contributed by atoms with E-state index in [1.807, 2.05) is 0 Å². The van der Waals surface area contributed by atoms with Gasteiger partial charge in [0.25, 0.3) is 5.91 Å². The molecule has 1 N–H and O–H groups in total. The lowest BCUT2D eigenvalue weighted by Gasteiger charge is -2.01. The molecule has 3 nitrogen and oxygen atoms in total. The molecule has 0 saturated heterocycles. The van der Waals surface area contributed by atoms with E-state index >= 15 is 0 Å². The number of rotatable bonds is 2. The Morgan fingerprint density at radius 2 is 2.27 bits per heavy atom. The monoisotopic (exact) mass is 238 g/mol. The van der Waals surface area contributed by atoms with Gasteiger partial charge in [0, 0.05) is 6.20 Å². The molecule has 15 heavy (non-hydrogen) atoms. The Morgan fingerprint density at radius 3 is 2.87 bits per heavy atom. The predicted molar refractivity (Wildman–Crippen MR) is 61.5 cm³/mol. The minimum atomic E-state index is -0.167. The first kappa shape index (κ1) is 10.1.